The number of aliphatic hydroxyl groups excluding tert-OH is 1. The van der Waals surface area contributed by atoms with Crippen LogP contribution in [0.2, 0.25) is 0 Å². The summed E-state index contributed by atoms with van der Waals surface area (Å²) in [6.07, 6.45) is 3.49. The number of aromatic nitrogens is 1. The van der Waals surface area contributed by atoms with E-state index in [1.54, 1.807) is 0 Å². The standard InChI is InChI=1S/C16H28N2OS/c1-10(2)15-18-12(4)14(20-15)11(3)17-13-7-6-8-16(13,5)9-19/h10-11,13,17,19H,6-9H2,1-5H3. The van der Waals surface area contributed by atoms with Gasteiger partial charge in [-0.25, -0.2) is 4.98 Å². The molecule has 0 spiro atoms. The average Bonchev–Trinajstić information content (AvgIpc) is 2.94. The van der Waals surface area contributed by atoms with E-state index in [2.05, 4.69) is 39.9 Å². The monoisotopic (exact) mass is 296 g/mol. The summed E-state index contributed by atoms with van der Waals surface area (Å²) in [7, 11) is 0. The molecule has 3 nitrogen and oxygen atoms in total. The number of nitrogens with one attached hydrogen (secondary N) is 1. The molecule has 1 heterocycles. The molecule has 1 aliphatic rings. The molecule has 114 valence electrons. The molecule has 1 aliphatic carbocycles. The molecule has 2 N–H and O–H groups in total. The van der Waals surface area contributed by atoms with E-state index in [0.29, 0.717) is 18.0 Å². The second-order valence-electron chi connectivity index (χ2n) is 6.80. The third-order valence-corrected chi connectivity index (χ3v) is 6.27. The van der Waals surface area contributed by atoms with Gasteiger partial charge in [0.15, 0.2) is 0 Å². The minimum atomic E-state index is 0.0354. The smallest absolute Gasteiger partial charge is 0.0956 e. The minimum Gasteiger partial charge on any atom is -0.396 e. The topological polar surface area (TPSA) is 45.2 Å². The molecule has 20 heavy (non-hydrogen) atoms. The van der Waals surface area contributed by atoms with E-state index < -0.39 is 0 Å². The fraction of sp³-hybridized carbons (Fsp3) is 0.812. The van der Waals surface area contributed by atoms with Crippen molar-refractivity contribution in [3.8, 4) is 0 Å². The first kappa shape index (κ1) is 15.9. The maximum absolute atomic E-state index is 9.66. The molecule has 1 saturated carbocycles. The number of hydrogen-bond acceptors (Lipinski definition) is 4. The van der Waals surface area contributed by atoms with Crippen LogP contribution in [0.3, 0.4) is 0 Å². The van der Waals surface area contributed by atoms with Gasteiger partial charge in [0.05, 0.1) is 10.7 Å². The van der Waals surface area contributed by atoms with E-state index in [4.69, 9.17) is 4.98 Å². The number of nitrogens with zero attached hydrogens (tertiary/aromatic N) is 1. The van der Waals surface area contributed by atoms with Crippen molar-refractivity contribution < 1.29 is 5.11 Å². The number of aliphatic hydroxyl groups is 1. The Morgan fingerprint density at radius 3 is 2.70 bits per heavy atom. The van der Waals surface area contributed by atoms with E-state index in [9.17, 15) is 5.11 Å². The van der Waals surface area contributed by atoms with Gasteiger partial charge in [-0.1, -0.05) is 27.2 Å². The zero-order chi connectivity index (χ0) is 14.9. The molecule has 3 atom stereocenters. The van der Waals surface area contributed by atoms with Gasteiger partial charge in [0.1, 0.15) is 0 Å². The van der Waals surface area contributed by atoms with Crippen molar-refractivity contribution in [2.75, 3.05) is 6.61 Å². The molecule has 2 rings (SSSR count). The van der Waals surface area contributed by atoms with Gasteiger partial charge in [-0.3, -0.25) is 0 Å². The fourth-order valence-electron chi connectivity index (χ4n) is 3.16. The zero-order valence-corrected chi connectivity index (χ0v) is 14.2. The molecule has 0 aliphatic heterocycles. The van der Waals surface area contributed by atoms with Crippen molar-refractivity contribution >= 4 is 11.3 Å². The number of rotatable bonds is 5. The van der Waals surface area contributed by atoms with Crippen molar-refractivity contribution in [3.05, 3.63) is 15.6 Å². The largest absolute Gasteiger partial charge is 0.396 e. The molecule has 3 unspecified atom stereocenters. The SMILES string of the molecule is Cc1nc(C(C)C)sc1C(C)NC1CCCC1(C)CO. The van der Waals surface area contributed by atoms with Crippen LogP contribution in [0.4, 0.5) is 0 Å². The van der Waals surface area contributed by atoms with Gasteiger partial charge in [-0.2, -0.15) is 0 Å². The Bertz CT molecular complexity index is 457. The van der Waals surface area contributed by atoms with Crippen LogP contribution in [0.1, 0.15) is 74.5 Å². The summed E-state index contributed by atoms with van der Waals surface area (Å²) in [6, 6.07) is 0.723. The van der Waals surface area contributed by atoms with E-state index in [1.807, 2.05) is 11.3 Å². The van der Waals surface area contributed by atoms with Crippen LogP contribution in [-0.4, -0.2) is 22.7 Å². The lowest BCUT2D eigenvalue weighted by molar-refractivity contribution is 0.114. The van der Waals surface area contributed by atoms with Crippen LogP contribution in [0.25, 0.3) is 0 Å². The van der Waals surface area contributed by atoms with Crippen LogP contribution in [0.15, 0.2) is 0 Å². The van der Waals surface area contributed by atoms with Gasteiger partial charge < -0.3 is 10.4 Å². The summed E-state index contributed by atoms with van der Waals surface area (Å²) in [4.78, 5) is 6.04. The highest BCUT2D eigenvalue weighted by Gasteiger charge is 2.39. The van der Waals surface area contributed by atoms with Crippen LogP contribution < -0.4 is 5.32 Å². The van der Waals surface area contributed by atoms with Gasteiger partial charge in [0.25, 0.3) is 0 Å². The Morgan fingerprint density at radius 1 is 1.45 bits per heavy atom. The van der Waals surface area contributed by atoms with Crippen molar-refractivity contribution in [2.24, 2.45) is 5.41 Å². The van der Waals surface area contributed by atoms with Crippen molar-refractivity contribution in [3.63, 3.8) is 0 Å². The molecular formula is C16H28N2OS. The quantitative estimate of drug-likeness (QED) is 0.869. The summed E-state index contributed by atoms with van der Waals surface area (Å²) in [5.74, 6) is 0.494. The first-order valence-corrected chi connectivity index (χ1v) is 8.53. The van der Waals surface area contributed by atoms with Gasteiger partial charge in [0.2, 0.25) is 0 Å². The highest BCUT2D eigenvalue weighted by atomic mass is 32.1. The molecule has 0 saturated heterocycles. The lowest BCUT2D eigenvalue weighted by Gasteiger charge is -2.32. The van der Waals surface area contributed by atoms with E-state index >= 15 is 0 Å². The van der Waals surface area contributed by atoms with Crippen LogP contribution in [-0.2, 0) is 0 Å². The average molecular weight is 296 g/mol. The Labute approximate surface area is 126 Å². The third kappa shape index (κ3) is 3.07. The summed E-state index contributed by atoms with van der Waals surface area (Å²) in [5.41, 5.74) is 1.19. The zero-order valence-electron chi connectivity index (χ0n) is 13.4. The molecule has 1 aromatic rings. The second-order valence-corrected chi connectivity index (χ2v) is 7.86. The normalized spacial score (nSPS) is 28.2. The van der Waals surface area contributed by atoms with Gasteiger partial charge >= 0.3 is 0 Å². The highest BCUT2D eigenvalue weighted by Crippen LogP contribution is 2.39. The summed E-state index contributed by atoms with van der Waals surface area (Å²) in [6.45, 7) is 11.2. The second kappa shape index (κ2) is 6.12. The molecule has 4 heteroatoms. The van der Waals surface area contributed by atoms with Crippen molar-refractivity contribution in [1.82, 2.24) is 10.3 Å². The van der Waals surface area contributed by atoms with Gasteiger partial charge in [-0.15, -0.1) is 11.3 Å². The molecule has 1 fully saturated rings. The lowest BCUT2D eigenvalue weighted by Crippen LogP contribution is -2.42. The van der Waals surface area contributed by atoms with Crippen LogP contribution >= 0.6 is 11.3 Å². The molecule has 1 aromatic heterocycles. The molecule has 0 radical (unpaired) electrons. The number of hydrogen-bond donors (Lipinski definition) is 2. The van der Waals surface area contributed by atoms with Crippen molar-refractivity contribution in [2.45, 2.75) is 71.9 Å². The fourth-order valence-corrected chi connectivity index (χ4v) is 4.24. The Hall–Kier alpha value is -0.450. The molecule has 0 amide bonds. The Morgan fingerprint density at radius 2 is 2.15 bits per heavy atom. The first-order valence-electron chi connectivity index (χ1n) is 7.71. The summed E-state index contributed by atoms with van der Waals surface area (Å²) >= 11 is 1.83. The summed E-state index contributed by atoms with van der Waals surface area (Å²) < 4.78 is 0. The van der Waals surface area contributed by atoms with Gasteiger partial charge in [-0.05, 0) is 26.7 Å². The highest BCUT2D eigenvalue weighted by molar-refractivity contribution is 7.11. The predicted molar refractivity (Wildman–Crippen MR) is 85.3 cm³/mol. The number of aryl methyl sites for hydroxylation is 1. The third-order valence-electron chi connectivity index (χ3n) is 4.63. The maximum Gasteiger partial charge on any atom is 0.0956 e. The summed E-state index contributed by atoms with van der Waals surface area (Å²) in [5, 5.41) is 14.6. The van der Waals surface area contributed by atoms with Crippen LogP contribution in [0.5, 0.6) is 0 Å². The minimum absolute atomic E-state index is 0.0354. The van der Waals surface area contributed by atoms with Crippen molar-refractivity contribution in [1.29, 1.82) is 0 Å². The number of thiazole rings is 1. The van der Waals surface area contributed by atoms with E-state index in [1.165, 1.54) is 16.3 Å². The molecule has 0 bridgehead atoms. The lowest BCUT2D eigenvalue weighted by atomic mass is 9.85. The van der Waals surface area contributed by atoms with Gasteiger partial charge in [0, 0.05) is 34.9 Å². The maximum atomic E-state index is 9.66. The predicted octanol–water partition coefficient (Wildman–Crippen LogP) is 3.78. The van der Waals surface area contributed by atoms with E-state index in [-0.39, 0.29) is 12.0 Å². The molecular weight excluding hydrogens is 268 g/mol. The Balaban J connectivity index is 2.10. The van der Waals surface area contributed by atoms with Crippen LogP contribution in [0, 0.1) is 12.3 Å². The Kier molecular flexibility index (Phi) is 4.88. The first-order chi connectivity index (χ1) is 9.37. The van der Waals surface area contributed by atoms with E-state index in [0.717, 1.165) is 18.5 Å². The molecule has 0 aromatic carbocycles.